The molecule has 18 heavy (non-hydrogen) atoms. The van der Waals surface area contributed by atoms with E-state index in [1.54, 1.807) is 4.90 Å². The Morgan fingerprint density at radius 2 is 2.11 bits per heavy atom. The van der Waals surface area contributed by atoms with Gasteiger partial charge in [-0.1, -0.05) is 12.1 Å². The molecule has 98 valence electrons. The number of likely N-dealkylation sites (N-methyl/N-ethyl adjacent to an activating group) is 1. The predicted octanol–water partition coefficient (Wildman–Crippen LogP) is 0.423. The monoisotopic (exact) mass is 249 g/mol. The molecule has 0 spiro atoms. The van der Waals surface area contributed by atoms with Crippen molar-refractivity contribution in [2.75, 3.05) is 24.5 Å². The third kappa shape index (κ3) is 3.85. The number of hydrogen-bond acceptors (Lipinski definition) is 3. The van der Waals surface area contributed by atoms with Gasteiger partial charge in [-0.25, -0.2) is 0 Å². The molecule has 1 rings (SSSR count). The molecule has 0 aliphatic carbocycles. The number of rotatable bonds is 5. The maximum atomic E-state index is 12.0. The van der Waals surface area contributed by atoms with Crippen molar-refractivity contribution in [3.8, 4) is 0 Å². The highest BCUT2D eigenvalue weighted by Gasteiger charge is 2.14. The Morgan fingerprint density at radius 3 is 2.67 bits per heavy atom. The number of amides is 2. The van der Waals surface area contributed by atoms with E-state index in [1.807, 2.05) is 38.1 Å². The minimum absolute atomic E-state index is 0.0299. The molecule has 3 N–H and O–H groups in total. The topological polar surface area (TPSA) is 75.4 Å². The standard InChI is InChI=1S/C13H19N3O2/c1-3-16(11-6-4-5-10(2)7-11)13(18)9-15-12(17)8-14/h4-7H,3,8-9,14H2,1-2H3,(H,15,17). The molecule has 5 heteroatoms. The Hall–Kier alpha value is -1.88. The fourth-order valence-electron chi connectivity index (χ4n) is 1.64. The smallest absolute Gasteiger partial charge is 0.246 e. The maximum absolute atomic E-state index is 12.0. The number of benzene rings is 1. The lowest BCUT2D eigenvalue weighted by Gasteiger charge is -2.21. The number of nitrogens with zero attached hydrogens (tertiary/aromatic N) is 1. The SMILES string of the molecule is CCN(C(=O)CNC(=O)CN)c1cccc(C)c1. The third-order valence-electron chi connectivity index (χ3n) is 2.55. The van der Waals surface area contributed by atoms with Crippen LogP contribution in [-0.4, -0.2) is 31.4 Å². The van der Waals surface area contributed by atoms with Crippen LogP contribution in [0.2, 0.25) is 0 Å². The van der Waals surface area contributed by atoms with Gasteiger partial charge >= 0.3 is 0 Å². The number of anilines is 1. The Labute approximate surface area is 107 Å². The van der Waals surface area contributed by atoms with Crippen LogP contribution in [0.4, 0.5) is 5.69 Å². The van der Waals surface area contributed by atoms with Crippen molar-refractivity contribution in [3.63, 3.8) is 0 Å². The molecule has 0 aliphatic rings. The normalized spacial score (nSPS) is 9.94. The number of nitrogens with two attached hydrogens (primary N) is 1. The van der Waals surface area contributed by atoms with Crippen molar-refractivity contribution in [1.29, 1.82) is 0 Å². The summed E-state index contributed by atoms with van der Waals surface area (Å²) >= 11 is 0. The lowest BCUT2D eigenvalue weighted by atomic mass is 10.2. The largest absolute Gasteiger partial charge is 0.346 e. The van der Waals surface area contributed by atoms with Gasteiger partial charge in [0.25, 0.3) is 0 Å². The summed E-state index contributed by atoms with van der Waals surface area (Å²) in [4.78, 5) is 24.6. The highest BCUT2D eigenvalue weighted by atomic mass is 16.2. The van der Waals surface area contributed by atoms with Gasteiger partial charge in [0.15, 0.2) is 0 Å². The highest BCUT2D eigenvalue weighted by Crippen LogP contribution is 2.15. The zero-order valence-electron chi connectivity index (χ0n) is 10.8. The fourth-order valence-corrected chi connectivity index (χ4v) is 1.64. The van der Waals surface area contributed by atoms with Crippen LogP contribution in [0.5, 0.6) is 0 Å². The van der Waals surface area contributed by atoms with Gasteiger partial charge in [0.2, 0.25) is 11.8 Å². The molecule has 0 aromatic heterocycles. The number of aryl methyl sites for hydroxylation is 1. The number of carbonyl (C=O) groups excluding carboxylic acids is 2. The first-order chi connectivity index (χ1) is 8.58. The molecule has 5 nitrogen and oxygen atoms in total. The molecule has 0 aliphatic heterocycles. The van der Waals surface area contributed by atoms with Gasteiger partial charge in [-0.3, -0.25) is 9.59 Å². The van der Waals surface area contributed by atoms with E-state index >= 15 is 0 Å². The highest BCUT2D eigenvalue weighted by molar-refractivity contribution is 5.96. The summed E-state index contributed by atoms with van der Waals surface area (Å²) in [5, 5.41) is 2.48. The molecule has 2 amide bonds. The summed E-state index contributed by atoms with van der Waals surface area (Å²) in [5.74, 6) is -0.478. The summed E-state index contributed by atoms with van der Waals surface area (Å²) in [6.45, 7) is 4.28. The van der Waals surface area contributed by atoms with Crippen LogP contribution in [0.3, 0.4) is 0 Å². The minimum Gasteiger partial charge on any atom is -0.346 e. The summed E-state index contributed by atoms with van der Waals surface area (Å²) in [6.07, 6.45) is 0. The molecule has 0 atom stereocenters. The van der Waals surface area contributed by atoms with Gasteiger partial charge in [0.05, 0.1) is 13.1 Å². The molecule has 1 aromatic carbocycles. The Balaban J connectivity index is 2.71. The Bertz CT molecular complexity index is 432. The molecule has 0 saturated carbocycles. The van der Waals surface area contributed by atoms with E-state index in [-0.39, 0.29) is 24.9 Å². The summed E-state index contributed by atoms with van der Waals surface area (Å²) < 4.78 is 0. The quantitative estimate of drug-likeness (QED) is 0.794. The van der Waals surface area contributed by atoms with Crippen LogP contribution in [0.15, 0.2) is 24.3 Å². The number of hydrogen-bond donors (Lipinski definition) is 2. The first-order valence-corrected chi connectivity index (χ1v) is 5.92. The van der Waals surface area contributed by atoms with Crippen LogP contribution in [-0.2, 0) is 9.59 Å². The van der Waals surface area contributed by atoms with E-state index in [0.29, 0.717) is 6.54 Å². The molecule has 0 saturated heterocycles. The van der Waals surface area contributed by atoms with Crippen LogP contribution >= 0.6 is 0 Å². The van der Waals surface area contributed by atoms with Crippen LogP contribution in [0.1, 0.15) is 12.5 Å². The van der Waals surface area contributed by atoms with E-state index in [9.17, 15) is 9.59 Å². The minimum atomic E-state index is -0.330. The molecular formula is C13H19N3O2. The first kappa shape index (κ1) is 14.2. The van der Waals surface area contributed by atoms with Crippen LogP contribution < -0.4 is 16.0 Å². The zero-order valence-corrected chi connectivity index (χ0v) is 10.8. The van der Waals surface area contributed by atoms with Crippen molar-refractivity contribution >= 4 is 17.5 Å². The fraction of sp³-hybridized carbons (Fsp3) is 0.385. The lowest BCUT2D eigenvalue weighted by molar-refractivity contribution is -0.124. The van der Waals surface area contributed by atoms with Gasteiger partial charge in [0, 0.05) is 12.2 Å². The second-order valence-electron chi connectivity index (χ2n) is 3.96. The van der Waals surface area contributed by atoms with Gasteiger partial charge in [-0.2, -0.15) is 0 Å². The van der Waals surface area contributed by atoms with E-state index < -0.39 is 0 Å². The van der Waals surface area contributed by atoms with Gasteiger partial charge < -0.3 is 16.0 Å². The molecule has 0 radical (unpaired) electrons. The van der Waals surface area contributed by atoms with E-state index in [4.69, 9.17) is 5.73 Å². The second-order valence-corrected chi connectivity index (χ2v) is 3.96. The number of nitrogens with one attached hydrogen (secondary N) is 1. The molecule has 1 aromatic rings. The van der Waals surface area contributed by atoms with Crippen molar-refractivity contribution in [2.45, 2.75) is 13.8 Å². The van der Waals surface area contributed by atoms with Crippen LogP contribution in [0.25, 0.3) is 0 Å². The predicted molar refractivity (Wildman–Crippen MR) is 71.3 cm³/mol. The summed E-state index contributed by atoms with van der Waals surface area (Å²) in [6, 6.07) is 7.68. The molecule has 0 fully saturated rings. The van der Waals surface area contributed by atoms with Crippen molar-refractivity contribution in [1.82, 2.24) is 5.32 Å². The Morgan fingerprint density at radius 1 is 1.39 bits per heavy atom. The third-order valence-corrected chi connectivity index (χ3v) is 2.55. The van der Waals surface area contributed by atoms with Crippen molar-refractivity contribution in [3.05, 3.63) is 29.8 Å². The van der Waals surface area contributed by atoms with Crippen LogP contribution in [0, 0.1) is 6.92 Å². The van der Waals surface area contributed by atoms with Gasteiger partial charge in [-0.05, 0) is 31.5 Å². The molecule has 0 heterocycles. The molecular weight excluding hydrogens is 230 g/mol. The lowest BCUT2D eigenvalue weighted by Crippen LogP contribution is -2.42. The summed E-state index contributed by atoms with van der Waals surface area (Å²) in [7, 11) is 0. The van der Waals surface area contributed by atoms with Crippen molar-refractivity contribution < 1.29 is 9.59 Å². The zero-order chi connectivity index (χ0) is 13.5. The van der Waals surface area contributed by atoms with E-state index in [2.05, 4.69) is 5.32 Å². The Kier molecular flexibility index (Phi) is 5.32. The van der Waals surface area contributed by atoms with Gasteiger partial charge in [-0.15, -0.1) is 0 Å². The number of carbonyl (C=O) groups is 2. The second kappa shape index (κ2) is 6.76. The van der Waals surface area contributed by atoms with Gasteiger partial charge in [0.1, 0.15) is 0 Å². The molecule has 0 bridgehead atoms. The summed E-state index contributed by atoms with van der Waals surface area (Å²) in [5.41, 5.74) is 7.09. The van der Waals surface area contributed by atoms with E-state index in [1.165, 1.54) is 0 Å². The average Bonchev–Trinajstić information content (AvgIpc) is 2.37. The first-order valence-electron chi connectivity index (χ1n) is 5.92. The maximum Gasteiger partial charge on any atom is 0.246 e. The van der Waals surface area contributed by atoms with E-state index in [0.717, 1.165) is 11.3 Å². The van der Waals surface area contributed by atoms with Crippen molar-refractivity contribution in [2.24, 2.45) is 5.73 Å². The average molecular weight is 249 g/mol. The molecule has 0 unspecified atom stereocenters.